The average Bonchev–Trinajstić information content (AvgIpc) is 2.97. The van der Waals surface area contributed by atoms with Crippen molar-refractivity contribution >= 4 is 23.0 Å². The highest BCUT2D eigenvalue weighted by molar-refractivity contribution is 7.80. The van der Waals surface area contributed by atoms with Crippen LogP contribution in [0, 0.1) is 6.92 Å². The van der Waals surface area contributed by atoms with Gasteiger partial charge in [-0.25, -0.2) is 0 Å². The van der Waals surface area contributed by atoms with Crippen molar-refractivity contribution in [3.63, 3.8) is 0 Å². The molecule has 0 radical (unpaired) electrons. The molecule has 2 aromatic carbocycles. The van der Waals surface area contributed by atoms with Gasteiger partial charge in [0.05, 0.1) is 0 Å². The van der Waals surface area contributed by atoms with Gasteiger partial charge in [0.2, 0.25) is 0 Å². The molecular weight excluding hydrogens is 302 g/mol. The molecular formula is C19H23N3S. The summed E-state index contributed by atoms with van der Waals surface area (Å²) in [6, 6.07) is 19.3. The number of nitrogens with one attached hydrogen (secondary N) is 2. The van der Waals surface area contributed by atoms with Crippen molar-refractivity contribution in [2.24, 2.45) is 0 Å². The summed E-state index contributed by atoms with van der Waals surface area (Å²) in [5.41, 5.74) is 3.66. The fourth-order valence-corrected chi connectivity index (χ4v) is 3.21. The molecule has 1 atom stereocenters. The third-order valence-electron chi connectivity index (χ3n) is 4.17. The highest BCUT2D eigenvalue weighted by atomic mass is 32.1. The second-order valence-corrected chi connectivity index (χ2v) is 6.58. The molecule has 120 valence electrons. The SMILES string of the molecule is Cc1ccc(NC(=S)N[C@@H]2CCN(Cc3ccccc3)C2)cc1. The fraction of sp³-hybridized carbons (Fsp3) is 0.316. The van der Waals surface area contributed by atoms with Gasteiger partial charge in [-0.05, 0) is 43.3 Å². The van der Waals surface area contributed by atoms with Crippen LogP contribution in [0.2, 0.25) is 0 Å². The second-order valence-electron chi connectivity index (χ2n) is 6.17. The number of anilines is 1. The van der Waals surface area contributed by atoms with E-state index >= 15 is 0 Å². The smallest absolute Gasteiger partial charge is 0.171 e. The zero-order valence-electron chi connectivity index (χ0n) is 13.5. The lowest BCUT2D eigenvalue weighted by atomic mass is 10.2. The Morgan fingerprint density at radius 2 is 1.87 bits per heavy atom. The summed E-state index contributed by atoms with van der Waals surface area (Å²) in [6.45, 7) is 5.24. The summed E-state index contributed by atoms with van der Waals surface area (Å²) in [5.74, 6) is 0. The van der Waals surface area contributed by atoms with Crippen molar-refractivity contribution in [3.8, 4) is 0 Å². The lowest BCUT2D eigenvalue weighted by Crippen LogP contribution is -2.39. The molecule has 2 N–H and O–H groups in total. The maximum Gasteiger partial charge on any atom is 0.171 e. The number of hydrogen-bond donors (Lipinski definition) is 2. The van der Waals surface area contributed by atoms with E-state index in [0.717, 1.165) is 31.7 Å². The third-order valence-corrected chi connectivity index (χ3v) is 4.39. The van der Waals surface area contributed by atoms with E-state index in [9.17, 15) is 0 Å². The Morgan fingerprint density at radius 3 is 2.61 bits per heavy atom. The Bertz CT molecular complexity index is 639. The Hall–Kier alpha value is -1.91. The third kappa shape index (κ3) is 4.78. The van der Waals surface area contributed by atoms with Gasteiger partial charge in [-0.2, -0.15) is 0 Å². The first kappa shape index (κ1) is 16.0. The van der Waals surface area contributed by atoms with Gasteiger partial charge in [0.1, 0.15) is 0 Å². The topological polar surface area (TPSA) is 27.3 Å². The van der Waals surface area contributed by atoms with Crippen molar-refractivity contribution in [2.45, 2.75) is 25.9 Å². The van der Waals surface area contributed by atoms with Crippen LogP contribution >= 0.6 is 12.2 Å². The van der Waals surface area contributed by atoms with Crippen LogP contribution in [0.4, 0.5) is 5.69 Å². The van der Waals surface area contributed by atoms with Gasteiger partial charge in [0.25, 0.3) is 0 Å². The minimum absolute atomic E-state index is 0.421. The quantitative estimate of drug-likeness (QED) is 0.841. The first-order valence-electron chi connectivity index (χ1n) is 8.09. The van der Waals surface area contributed by atoms with Crippen LogP contribution in [0.3, 0.4) is 0 Å². The summed E-state index contributed by atoms with van der Waals surface area (Å²) < 4.78 is 0. The van der Waals surface area contributed by atoms with Gasteiger partial charge in [-0.3, -0.25) is 4.90 Å². The van der Waals surface area contributed by atoms with E-state index in [1.54, 1.807) is 0 Å². The molecule has 2 aromatic rings. The first-order valence-corrected chi connectivity index (χ1v) is 8.50. The molecule has 0 amide bonds. The van der Waals surface area contributed by atoms with E-state index in [1.807, 2.05) is 0 Å². The maximum atomic E-state index is 5.43. The van der Waals surface area contributed by atoms with Gasteiger partial charge >= 0.3 is 0 Å². The molecule has 1 aliphatic heterocycles. The Labute approximate surface area is 143 Å². The van der Waals surface area contributed by atoms with Crippen LogP contribution in [0.25, 0.3) is 0 Å². The minimum atomic E-state index is 0.421. The molecule has 0 aliphatic carbocycles. The average molecular weight is 325 g/mol. The van der Waals surface area contributed by atoms with Crippen LogP contribution in [0.15, 0.2) is 54.6 Å². The summed E-state index contributed by atoms with van der Waals surface area (Å²) in [6.07, 6.45) is 1.13. The molecule has 23 heavy (non-hydrogen) atoms. The predicted molar refractivity (Wildman–Crippen MR) is 101 cm³/mol. The van der Waals surface area contributed by atoms with Gasteiger partial charge in [0.15, 0.2) is 5.11 Å². The van der Waals surface area contributed by atoms with Crippen LogP contribution in [0.5, 0.6) is 0 Å². The van der Waals surface area contributed by atoms with E-state index in [-0.39, 0.29) is 0 Å². The molecule has 0 bridgehead atoms. The second kappa shape index (κ2) is 7.57. The molecule has 4 heteroatoms. The fourth-order valence-electron chi connectivity index (χ4n) is 2.93. The lowest BCUT2D eigenvalue weighted by Gasteiger charge is -2.18. The summed E-state index contributed by atoms with van der Waals surface area (Å²) >= 11 is 5.43. The largest absolute Gasteiger partial charge is 0.358 e. The summed E-state index contributed by atoms with van der Waals surface area (Å²) in [7, 11) is 0. The highest BCUT2D eigenvalue weighted by Gasteiger charge is 2.22. The minimum Gasteiger partial charge on any atom is -0.358 e. The van der Waals surface area contributed by atoms with Crippen molar-refractivity contribution in [1.82, 2.24) is 10.2 Å². The number of likely N-dealkylation sites (tertiary alicyclic amines) is 1. The van der Waals surface area contributed by atoms with E-state index in [1.165, 1.54) is 11.1 Å². The lowest BCUT2D eigenvalue weighted by molar-refractivity contribution is 0.324. The maximum absolute atomic E-state index is 5.43. The van der Waals surface area contributed by atoms with Gasteiger partial charge in [-0.15, -0.1) is 0 Å². The number of nitrogens with zero attached hydrogens (tertiary/aromatic N) is 1. The summed E-state index contributed by atoms with van der Waals surface area (Å²) in [5, 5.41) is 7.41. The van der Waals surface area contributed by atoms with Gasteiger partial charge < -0.3 is 10.6 Å². The van der Waals surface area contributed by atoms with E-state index in [2.05, 4.69) is 77.1 Å². The van der Waals surface area contributed by atoms with Crippen molar-refractivity contribution in [1.29, 1.82) is 0 Å². The molecule has 0 unspecified atom stereocenters. The molecule has 0 aromatic heterocycles. The molecule has 0 saturated carbocycles. The van der Waals surface area contributed by atoms with Crippen LogP contribution in [-0.2, 0) is 6.54 Å². The van der Waals surface area contributed by atoms with Crippen LogP contribution in [0.1, 0.15) is 17.5 Å². The van der Waals surface area contributed by atoms with Crippen molar-refractivity contribution in [3.05, 3.63) is 65.7 Å². The standard InChI is InChI=1S/C19H23N3S/c1-15-7-9-17(10-8-15)20-19(23)21-18-11-12-22(14-18)13-16-5-3-2-4-6-16/h2-10,18H,11-14H2,1H3,(H2,20,21,23)/t18-/m1/s1. The number of hydrogen-bond acceptors (Lipinski definition) is 2. The van der Waals surface area contributed by atoms with Crippen LogP contribution in [-0.4, -0.2) is 29.1 Å². The molecule has 0 spiro atoms. The molecule has 1 heterocycles. The molecule has 3 rings (SSSR count). The Morgan fingerprint density at radius 1 is 1.13 bits per heavy atom. The molecule has 3 nitrogen and oxygen atoms in total. The number of aryl methyl sites for hydroxylation is 1. The number of rotatable bonds is 4. The van der Waals surface area contributed by atoms with Gasteiger partial charge in [0, 0.05) is 31.4 Å². The molecule has 1 saturated heterocycles. The molecule has 1 fully saturated rings. The van der Waals surface area contributed by atoms with E-state index in [0.29, 0.717) is 11.2 Å². The monoisotopic (exact) mass is 325 g/mol. The van der Waals surface area contributed by atoms with Gasteiger partial charge in [-0.1, -0.05) is 48.0 Å². The van der Waals surface area contributed by atoms with E-state index in [4.69, 9.17) is 12.2 Å². The normalized spacial score (nSPS) is 17.9. The first-order chi connectivity index (χ1) is 11.2. The summed E-state index contributed by atoms with van der Waals surface area (Å²) in [4.78, 5) is 2.47. The number of benzene rings is 2. The van der Waals surface area contributed by atoms with Crippen molar-refractivity contribution < 1.29 is 0 Å². The Balaban J connectivity index is 1.46. The Kier molecular flexibility index (Phi) is 5.26. The predicted octanol–water partition coefficient (Wildman–Crippen LogP) is 3.56. The van der Waals surface area contributed by atoms with E-state index < -0.39 is 0 Å². The molecule has 1 aliphatic rings. The highest BCUT2D eigenvalue weighted by Crippen LogP contribution is 2.14. The zero-order valence-corrected chi connectivity index (χ0v) is 14.3. The van der Waals surface area contributed by atoms with Crippen molar-refractivity contribution in [2.75, 3.05) is 18.4 Å². The number of thiocarbonyl (C=S) groups is 1. The van der Waals surface area contributed by atoms with Crippen LogP contribution < -0.4 is 10.6 Å². The zero-order chi connectivity index (χ0) is 16.1.